The number of methoxy groups -OCH3 is 1. The fourth-order valence-corrected chi connectivity index (χ4v) is 3.24. The van der Waals surface area contributed by atoms with Crippen molar-refractivity contribution in [1.29, 1.82) is 0 Å². The van der Waals surface area contributed by atoms with Crippen molar-refractivity contribution in [3.8, 4) is 11.5 Å². The molecule has 0 aromatic heterocycles. The lowest BCUT2D eigenvalue weighted by atomic mass is 10.1. The van der Waals surface area contributed by atoms with Crippen LogP contribution >= 0.6 is 23.2 Å². The fraction of sp³-hybridized carbons (Fsp3) is 0.136. The van der Waals surface area contributed by atoms with Crippen molar-refractivity contribution in [3.05, 3.63) is 87.2 Å². The summed E-state index contributed by atoms with van der Waals surface area (Å²) in [5.41, 5.74) is 1.75. The number of nitrogens with one attached hydrogen (secondary N) is 1. The first kappa shape index (κ1) is 21.7. The van der Waals surface area contributed by atoms with Crippen molar-refractivity contribution in [3.63, 3.8) is 0 Å². The van der Waals surface area contributed by atoms with E-state index in [-0.39, 0.29) is 18.0 Å². The number of rotatable bonds is 8. The van der Waals surface area contributed by atoms with Crippen LogP contribution in [-0.4, -0.2) is 18.2 Å². The zero-order valence-corrected chi connectivity index (χ0v) is 17.4. The zero-order chi connectivity index (χ0) is 21.7. The average Bonchev–Trinajstić information content (AvgIpc) is 2.72. The van der Waals surface area contributed by atoms with Crippen molar-refractivity contribution in [2.24, 2.45) is 0 Å². The molecule has 0 radical (unpaired) electrons. The number of carboxylic acids is 1. The Morgan fingerprint density at radius 2 is 1.87 bits per heavy atom. The molecule has 0 atom stereocenters. The number of hydrogen-bond donors (Lipinski definition) is 2. The van der Waals surface area contributed by atoms with E-state index in [1.807, 2.05) is 0 Å². The van der Waals surface area contributed by atoms with Crippen LogP contribution in [-0.2, 0) is 13.2 Å². The van der Waals surface area contributed by atoms with Crippen LogP contribution in [0, 0.1) is 5.82 Å². The Labute approximate surface area is 183 Å². The summed E-state index contributed by atoms with van der Waals surface area (Å²) in [5.74, 6) is -0.720. The van der Waals surface area contributed by atoms with Crippen LogP contribution in [0.4, 0.5) is 10.1 Å². The number of aromatic carboxylic acids is 1. The van der Waals surface area contributed by atoms with Crippen LogP contribution < -0.4 is 14.8 Å². The highest BCUT2D eigenvalue weighted by atomic mass is 35.5. The number of carboxylic acid groups (broad SMARTS) is 1. The second-order valence-electron chi connectivity index (χ2n) is 6.34. The molecule has 0 heterocycles. The summed E-state index contributed by atoms with van der Waals surface area (Å²) < 4.78 is 24.9. The molecule has 0 aliphatic carbocycles. The highest BCUT2D eigenvalue weighted by Gasteiger charge is 2.14. The Bertz CT molecular complexity index is 1070. The van der Waals surface area contributed by atoms with Gasteiger partial charge < -0.3 is 19.9 Å². The highest BCUT2D eigenvalue weighted by Crippen LogP contribution is 2.37. The molecule has 5 nitrogen and oxygen atoms in total. The predicted octanol–water partition coefficient (Wildman–Crippen LogP) is 6.03. The minimum Gasteiger partial charge on any atom is -0.493 e. The molecule has 0 saturated heterocycles. The molecule has 3 aromatic carbocycles. The normalized spacial score (nSPS) is 10.5. The Morgan fingerprint density at radius 3 is 2.57 bits per heavy atom. The summed E-state index contributed by atoms with van der Waals surface area (Å²) in [7, 11) is 1.48. The number of hydrogen-bond acceptors (Lipinski definition) is 4. The molecule has 0 saturated carbocycles. The first-order chi connectivity index (χ1) is 14.4. The smallest absolute Gasteiger partial charge is 0.335 e. The molecular weight excluding hydrogens is 432 g/mol. The largest absolute Gasteiger partial charge is 0.493 e. The van der Waals surface area contributed by atoms with Gasteiger partial charge in [0.05, 0.1) is 28.4 Å². The lowest BCUT2D eigenvalue weighted by Gasteiger charge is -2.15. The SMILES string of the molecule is COc1cc(CNc2cc(C(=O)O)ccc2Cl)cc(Cl)c1OCc1ccccc1F. The lowest BCUT2D eigenvalue weighted by molar-refractivity contribution is 0.0697. The summed E-state index contributed by atoms with van der Waals surface area (Å²) in [4.78, 5) is 11.1. The molecule has 156 valence electrons. The zero-order valence-electron chi connectivity index (χ0n) is 15.9. The Kier molecular flexibility index (Phi) is 7.03. The Morgan fingerprint density at radius 1 is 1.10 bits per heavy atom. The van der Waals surface area contributed by atoms with E-state index >= 15 is 0 Å². The summed E-state index contributed by atoms with van der Waals surface area (Å²) >= 11 is 12.5. The van der Waals surface area contributed by atoms with E-state index in [1.54, 1.807) is 30.3 Å². The fourth-order valence-electron chi connectivity index (χ4n) is 2.77. The number of halogens is 3. The van der Waals surface area contributed by atoms with Crippen molar-refractivity contribution >= 4 is 34.9 Å². The number of benzene rings is 3. The first-order valence-corrected chi connectivity index (χ1v) is 9.64. The van der Waals surface area contributed by atoms with E-state index in [0.717, 1.165) is 5.56 Å². The van der Waals surface area contributed by atoms with Crippen molar-refractivity contribution in [2.75, 3.05) is 12.4 Å². The van der Waals surface area contributed by atoms with Gasteiger partial charge in [-0.1, -0.05) is 41.4 Å². The maximum absolute atomic E-state index is 13.8. The molecule has 30 heavy (non-hydrogen) atoms. The minimum atomic E-state index is -1.05. The van der Waals surface area contributed by atoms with E-state index in [0.29, 0.717) is 39.3 Å². The van der Waals surface area contributed by atoms with Crippen molar-refractivity contribution in [2.45, 2.75) is 13.2 Å². The van der Waals surface area contributed by atoms with E-state index in [2.05, 4.69) is 5.32 Å². The van der Waals surface area contributed by atoms with Gasteiger partial charge in [-0.3, -0.25) is 0 Å². The van der Waals surface area contributed by atoms with Crippen LogP contribution in [0.2, 0.25) is 10.0 Å². The van der Waals surface area contributed by atoms with E-state index in [9.17, 15) is 9.18 Å². The quantitative estimate of drug-likeness (QED) is 0.439. The molecule has 0 amide bonds. The maximum atomic E-state index is 13.8. The van der Waals surface area contributed by atoms with Crippen LogP contribution in [0.25, 0.3) is 0 Å². The van der Waals surface area contributed by atoms with Crippen LogP contribution in [0.5, 0.6) is 11.5 Å². The van der Waals surface area contributed by atoms with Crippen LogP contribution in [0.3, 0.4) is 0 Å². The molecule has 0 fully saturated rings. The molecule has 0 aliphatic rings. The van der Waals surface area contributed by atoms with Crippen molar-refractivity contribution in [1.82, 2.24) is 0 Å². The van der Waals surface area contributed by atoms with Gasteiger partial charge in [0.1, 0.15) is 12.4 Å². The van der Waals surface area contributed by atoms with Gasteiger partial charge in [-0.2, -0.15) is 0 Å². The molecule has 0 bridgehead atoms. The standard InChI is InChI=1S/C22H18Cl2FNO4/c1-29-20-9-13(11-26-19-10-14(22(27)28)6-7-16(19)23)8-17(24)21(20)30-12-15-4-2-3-5-18(15)25/h2-10,26H,11-12H2,1H3,(H,27,28). The van der Waals surface area contributed by atoms with Gasteiger partial charge in [-0.05, 0) is 42.0 Å². The summed E-state index contributed by atoms with van der Waals surface area (Å²) in [6, 6.07) is 14.1. The lowest BCUT2D eigenvalue weighted by Crippen LogP contribution is -2.05. The van der Waals surface area contributed by atoms with E-state index in [4.69, 9.17) is 37.8 Å². The van der Waals surface area contributed by atoms with Crippen molar-refractivity contribution < 1.29 is 23.8 Å². The van der Waals surface area contributed by atoms with Crippen LogP contribution in [0.15, 0.2) is 54.6 Å². The summed E-state index contributed by atoms with van der Waals surface area (Å²) in [6.45, 7) is 0.310. The monoisotopic (exact) mass is 449 g/mol. The predicted molar refractivity (Wildman–Crippen MR) is 114 cm³/mol. The summed E-state index contributed by atoms with van der Waals surface area (Å²) in [5, 5.41) is 12.9. The number of ether oxygens (including phenoxy) is 2. The molecule has 0 aliphatic heterocycles. The number of carbonyl (C=O) groups is 1. The third-order valence-corrected chi connectivity index (χ3v) is 4.93. The molecule has 3 aromatic rings. The highest BCUT2D eigenvalue weighted by molar-refractivity contribution is 6.33. The second-order valence-corrected chi connectivity index (χ2v) is 7.16. The van der Waals surface area contributed by atoms with Gasteiger partial charge in [-0.25, -0.2) is 9.18 Å². The Balaban J connectivity index is 1.76. The molecule has 0 spiro atoms. The van der Waals surface area contributed by atoms with Gasteiger partial charge in [0.15, 0.2) is 11.5 Å². The topological polar surface area (TPSA) is 67.8 Å². The third-order valence-electron chi connectivity index (χ3n) is 4.32. The van der Waals surface area contributed by atoms with Crippen LogP contribution in [0.1, 0.15) is 21.5 Å². The molecule has 3 rings (SSSR count). The minimum absolute atomic E-state index is 0.00205. The average molecular weight is 450 g/mol. The number of anilines is 1. The van der Waals surface area contributed by atoms with Gasteiger partial charge >= 0.3 is 5.97 Å². The maximum Gasteiger partial charge on any atom is 0.335 e. The first-order valence-electron chi connectivity index (χ1n) is 8.88. The molecular formula is C22H18Cl2FNO4. The third kappa shape index (κ3) is 5.14. The van der Waals surface area contributed by atoms with Gasteiger partial charge in [0.25, 0.3) is 0 Å². The summed E-state index contributed by atoms with van der Waals surface area (Å²) in [6.07, 6.45) is 0. The van der Waals surface area contributed by atoms with Gasteiger partial charge in [0.2, 0.25) is 0 Å². The van der Waals surface area contributed by atoms with Gasteiger partial charge in [-0.15, -0.1) is 0 Å². The molecule has 0 unspecified atom stereocenters. The second kappa shape index (κ2) is 9.69. The van der Waals surface area contributed by atoms with E-state index in [1.165, 1.54) is 31.4 Å². The molecule has 8 heteroatoms. The molecule has 2 N–H and O–H groups in total. The Hall–Kier alpha value is -2.96. The van der Waals surface area contributed by atoms with Gasteiger partial charge in [0, 0.05) is 12.1 Å². The van der Waals surface area contributed by atoms with E-state index < -0.39 is 5.97 Å².